The number of hydrogen-bond acceptors (Lipinski definition) is 8. The predicted molar refractivity (Wildman–Crippen MR) is 96.0 cm³/mol. The lowest BCUT2D eigenvalue weighted by atomic mass is 10.3. The monoisotopic (exact) mass is 395 g/mol. The number of thiophene rings is 1. The third kappa shape index (κ3) is 3.55. The summed E-state index contributed by atoms with van der Waals surface area (Å²) in [5.41, 5.74) is -1.25. The number of aromatic carboxylic acids is 1. The fourth-order valence-electron chi connectivity index (χ4n) is 2.19. The first-order chi connectivity index (χ1) is 12.3. The van der Waals surface area contributed by atoms with Crippen LogP contribution in [0.5, 0.6) is 5.75 Å². The number of carboxylic acid groups (broad SMARTS) is 1. The molecule has 2 aromatic heterocycles. The minimum Gasteiger partial charge on any atom is -0.497 e. The highest BCUT2D eigenvalue weighted by atomic mass is 32.2. The van der Waals surface area contributed by atoms with E-state index in [9.17, 15) is 18.0 Å². The lowest BCUT2D eigenvalue weighted by Gasteiger charge is -2.07. The van der Waals surface area contributed by atoms with E-state index in [0.717, 1.165) is 11.3 Å². The largest absolute Gasteiger partial charge is 0.497 e. The second kappa shape index (κ2) is 6.81. The molecule has 2 N–H and O–H groups in total. The molecule has 0 spiro atoms. The average molecular weight is 395 g/mol. The van der Waals surface area contributed by atoms with Gasteiger partial charge in [0.1, 0.15) is 17.2 Å². The summed E-state index contributed by atoms with van der Waals surface area (Å²) >= 11 is 1.08. The lowest BCUT2D eigenvalue weighted by molar-refractivity contribution is 0.0692. The number of nitrogens with one attached hydrogen (secondary N) is 1. The first-order valence-electron chi connectivity index (χ1n) is 7.22. The van der Waals surface area contributed by atoms with Crippen LogP contribution in [-0.2, 0) is 9.84 Å². The Morgan fingerprint density at radius 1 is 1.31 bits per heavy atom. The molecule has 0 radical (unpaired) electrons. The van der Waals surface area contributed by atoms with Gasteiger partial charge in [-0.05, 0) is 24.3 Å². The minimum absolute atomic E-state index is 0.102. The zero-order chi connectivity index (χ0) is 18.9. The number of carbonyl (C=O) groups is 1. The summed E-state index contributed by atoms with van der Waals surface area (Å²) in [7, 11) is -2.18. The van der Waals surface area contributed by atoms with Crippen LogP contribution in [0.25, 0.3) is 10.3 Å². The number of methoxy groups -OCH3 is 1. The van der Waals surface area contributed by atoms with Crippen molar-refractivity contribution in [3.05, 3.63) is 52.4 Å². The highest BCUT2D eigenvalue weighted by Gasteiger charge is 2.17. The standard InChI is InChI=1S/C16H13NO7S2/c1-23-9-3-2-4-10(5-9)26(21,22)8-17-14-7-12-13(25-14)6-11(15(18)19)16(20)24-12/h2-7,17H,8H2,1H3,(H,18,19). The molecule has 3 aromatic rings. The van der Waals surface area contributed by atoms with Gasteiger partial charge in [0.05, 0.1) is 21.7 Å². The molecular weight excluding hydrogens is 382 g/mol. The SMILES string of the molecule is COc1cccc(S(=O)(=O)CNc2cc3oc(=O)c(C(=O)O)cc3s2)c1. The van der Waals surface area contributed by atoms with Crippen molar-refractivity contribution >= 4 is 42.4 Å². The van der Waals surface area contributed by atoms with Crippen molar-refractivity contribution < 1.29 is 27.5 Å². The zero-order valence-corrected chi connectivity index (χ0v) is 15.0. The molecule has 3 rings (SSSR count). The second-order valence-electron chi connectivity index (χ2n) is 5.21. The van der Waals surface area contributed by atoms with E-state index in [1.165, 1.54) is 31.4 Å². The van der Waals surface area contributed by atoms with Crippen LogP contribution in [0.1, 0.15) is 10.4 Å². The van der Waals surface area contributed by atoms with Gasteiger partial charge in [0.25, 0.3) is 0 Å². The van der Waals surface area contributed by atoms with Crippen molar-refractivity contribution in [3.8, 4) is 5.75 Å². The molecule has 26 heavy (non-hydrogen) atoms. The van der Waals surface area contributed by atoms with Crippen molar-refractivity contribution in [2.24, 2.45) is 0 Å². The van der Waals surface area contributed by atoms with Gasteiger partial charge < -0.3 is 19.6 Å². The number of rotatable bonds is 6. The second-order valence-corrected chi connectivity index (χ2v) is 8.28. The summed E-state index contributed by atoms with van der Waals surface area (Å²) in [4.78, 5) is 22.7. The van der Waals surface area contributed by atoms with Gasteiger partial charge >= 0.3 is 11.6 Å². The molecule has 0 aliphatic heterocycles. The maximum Gasteiger partial charge on any atom is 0.351 e. The van der Waals surface area contributed by atoms with Crippen LogP contribution >= 0.6 is 11.3 Å². The Hall–Kier alpha value is -2.85. The highest BCUT2D eigenvalue weighted by Crippen LogP contribution is 2.30. The summed E-state index contributed by atoms with van der Waals surface area (Å²) in [6.07, 6.45) is 0. The van der Waals surface area contributed by atoms with Crippen molar-refractivity contribution in [2.45, 2.75) is 4.90 Å². The van der Waals surface area contributed by atoms with E-state index < -0.39 is 27.0 Å². The van der Waals surface area contributed by atoms with Gasteiger partial charge in [0, 0.05) is 6.07 Å². The fraction of sp³-hybridized carbons (Fsp3) is 0.125. The lowest BCUT2D eigenvalue weighted by Crippen LogP contribution is -2.14. The van der Waals surface area contributed by atoms with E-state index in [0.29, 0.717) is 15.5 Å². The summed E-state index contributed by atoms with van der Waals surface area (Å²) < 4.78 is 35.2. The third-order valence-electron chi connectivity index (χ3n) is 3.49. The summed E-state index contributed by atoms with van der Waals surface area (Å²) in [5, 5.41) is 12.1. The number of sulfone groups is 1. The van der Waals surface area contributed by atoms with E-state index >= 15 is 0 Å². The summed E-state index contributed by atoms with van der Waals surface area (Å²) in [5.74, 6) is -1.34. The van der Waals surface area contributed by atoms with Gasteiger partial charge in [-0.1, -0.05) is 6.07 Å². The first-order valence-corrected chi connectivity index (χ1v) is 9.69. The van der Waals surface area contributed by atoms with E-state index in [-0.39, 0.29) is 16.4 Å². The number of benzene rings is 1. The van der Waals surface area contributed by atoms with Crippen molar-refractivity contribution in [1.29, 1.82) is 0 Å². The highest BCUT2D eigenvalue weighted by molar-refractivity contribution is 7.91. The van der Waals surface area contributed by atoms with Crippen LogP contribution < -0.4 is 15.7 Å². The normalized spacial score (nSPS) is 11.4. The molecule has 0 fully saturated rings. The Balaban J connectivity index is 1.85. The molecular formula is C16H13NO7S2. The van der Waals surface area contributed by atoms with E-state index in [1.807, 2.05) is 0 Å². The summed E-state index contributed by atoms with van der Waals surface area (Å²) in [6, 6.07) is 8.75. The predicted octanol–water partition coefficient (Wildman–Crippen LogP) is 2.40. The smallest absolute Gasteiger partial charge is 0.351 e. The molecule has 0 bridgehead atoms. The van der Waals surface area contributed by atoms with Crippen molar-refractivity contribution in [2.75, 3.05) is 18.3 Å². The first kappa shape index (κ1) is 18.0. The topological polar surface area (TPSA) is 123 Å². The minimum atomic E-state index is -3.63. The van der Waals surface area contributed by atoms with Crippen molar-refractivity contribution in [3.63, 3.8) is 0 Å². The molecule has 0 saturated heterocycles. The quantitative estimate of drug-likeness (QED) is 0.652. The molecule has 0 amide bonds. The van der Waals surface area contributed by atoms with Gasteiger partial charge in [-0.2, -0.15) is 0 Å². The van der Waals surface area contributed by atoms with E-state index in [2.05, 4.69) is 5.32 Å². The maximum absolute atomic E-state index is 12.4. The van der Waals surface area contributed by atoms with E-state index in [4.69, 9.17) is 14.3 Å². The average Bonchev–Trinajstić information content (AvgIpc) is 3.01. The Morgan fingerprint density at radius 3 is 2.77 bits per heavy atom. The Bertz CT molecular complexity index is 1140. The van der Waals surface area contributed by atoms with Crippen LogP contribution in [-0.4, -0.2) is 32.5 Å². The number of hydrogen-bond donors (Lipinski definition) is 2. The molecule has 0 unspecified atom stereocenters. The third-order valence-corrected chi connectivity index (χ3v) is 6.01. The van der Waals surface area contributed by atoms with E-state index in [1.54, 1.807) is 12.1 Å². The maximum atomic E-state index is 12.4. The van der Waals surface area contributed by atoms with Gasteiger partial charge in [-0.25, -0.2) is 18.0 Å². The number of anilines is 1. The molecule has 8 nitrogen and oxygen atoms in total. The van der Waals surface area contributed by atoms with Crippen molar-refractivity contribution in [1.82, 2.24) is 0 Å². The molecule has 0 saturated carbocycles. The van der Waals surface area contributed by atoms with Gasteiger partial charge in [0.15, 0.2) is 15.4 Å². The molecule has 0 atom stereocenters. The van der Waals surface area contributed by atoms with Gasteiger partial charge in [0.2, 0.25) is 0 Å². The number of ether oxygens (including phenoxy) is 1. The van der Waals surface area contributed by atoms with Gasteiger partial charge in [-0.15, -0.1) is 11.3 Å². The zero-order valence-electron chi connectivity index (χ0n) is 13.4. The molecule has 10 heteroatoms. The van der Waals surface area contributed by atoms with Crippen LogP contribution in [0, 0.1) is 0 Å². The molecule has 136 valence electrons. The molecule has 1 aromatic carbocycles. The van der Waals surface area contributed by atoms with Crippen LogP contribution in [0.15, 0.2) is 50.5 Å². The Labute approximate surface area is 151 Å². The van der Waals surface area contributed by atoms with Crippen LogP contribution in [0.3, 0.4) is 0 Å². The fourth-order valence-corrected chi connectivity index (χ4v) is 4.30. The number of fused-ring (bicyclic) bond motifs is 1. The Kier molecular flexibility index (Phi) is 4.70. The number of carboxylic acids is 1. The Morgan fingerprint density at radius 2 is 2.08 bits per heavy atom. The summed E-state index contributed by atoms with van der Waals surface area (Å²) in [6.45, 7) is 0. The van der Waals surface area contributed by atoms with Crippen LogP contribution in [0.4, 0.5) is 5.00 Å². The molecule has 0 aliphatic carbocycles. The molecule has 2 heterocycles. The molecule has 0 aliphatic rings. The van der Waals surface area contributed by atoms with Crippen LogP contribution in [0.2, 0.25) is 0 Å². The van der Waals surface area contributed by atoms with Gasteiger partial charge in [-0.3, -0.25) is 0 Å².